The molecule has 0 radical (unpaired) electrons. The quantitative estimate of drug-likeness (QED) is 0.661. The number of nitrogens with zero attached hydrogens (tertiary/aromatic N) is 1. The second kappa shape index (κ2) is 7.44. The maximum Gasteiger partial charge on any atom is 0.120 e. The van der Waals surface area contributed by atoms with Crippen LogP contribution in [0.3, 0.4) is 0 Å². The molecule has 0 amide bonds. The van der Waals surface area contributed by atoms with Gasteiger partial charge in [-0.2, -0.15) is 0 Å². The molecular formula is C19H21NO. The van der Waals surface area contributed by atoms with E-state index >= 15 is 0 Å². The van der Waals surface area contributed by atoms with Crippen LogP contribution in [0, 0.1) is 6.92 Å². The van der Waals surface area contributed by atoms with Gasteiger partial charge in [0, 0.05) is 11.6 Å². The topological polar surface area (TPSA) is 22.1 Å². The number of aryl methyl sites for hydroxylation is 1. The fourth-order valence-corrected chi connectivity index (χ4v) is 2.05. The van der Waals surface area contributed by atoms with Crippen molar-refractivity contribution in [3.8, 4) is 5.75 Å². The molecule has 0 unspecified atom stereocenters. The van der Waals surface area contributed by atoms with Gasteiger partial charge in [-0.15, -0.1) is 0 Å². The third kappa shape index (κ3) is 4.06. The van der Waals surface area contributed by atoms with Gasteiger partial charge < -0.3 is 4.74 Å². The molecule has 21 heavy (non-hydrogen) atoms. The molecule has 0 atom stereocenters. The van der Waals surface area contributed by atoms with Crippen molar-refractivity contribution >= 4 is 10.9 Å². The maximum atomic E-state index is 5.81. The lowest BCUT2D eigenvalue weighted by Crippen LogP contribution is -1.95. The third-order valence-corrected chi connectivity index (χ3v) is 3.04. The van der Waals surface area contributed by atoms with Crippen molar-refractivity contribution < 1.29 is 4.74 Å². The first-order valence-electron chi connectivity index (χ1n) is 7.34. The van der Waals surface area contributed by atoms with Crippen LogP contribution in [0.2, 0.25) is 0 Å². The van der Waals surface area contributed by atoms with Gasteiger partial charge in [-0.25, -0.2) is 0 Å². The zero-order valence-electron chi connectivity index (χ0n) is 12.8. The normalized spacial score (nSPS) is 9.86. The molecule has 0 spiro atoms. The predicted octanol–water partition coefficient (Wildman–Crippen LogP) is 5.15. The lowest BCUT2D eigenvalue weighted by Gasteiger charge is -2.07. The maximum absolute atomic E-state index is 5.81. The smallest absolute Gasteiger partial charge is 0.120 e. The van der Waals surface area contributed by atoms with Crippen LogP contribution in [0.25, 0.3) is 10.9 Å². The SMILES string of the molecule is CC.Cc1cnc2ccc(OCc3ccccc3)cc2c1. The van der Waals surface area contributed by atoms with E-state index < -0.39 is 0 Å². The summed E-state index contributed by atoms with van der Waals surface area (Å²) in [6, 6.07) is 18.3. The van der Waals surface area contributed by atoms with E-state index in [0.717, 1.165) is 22.2 Å². The van der Waals surface area contributed by atoms with Crippen molar-refractivity contribution in [2.45, 2.75) is 27.4 Å². The average Bonchev–Trinajstić information content (AvgIpc) is 2.55. The Morgan fingerprint density at radius 1 is 0.952 bits per heavy atom. The van der Waals surface area contributed by atoms with Crippen LogP contribution in [0.1, 0.15) is 25.0 Å². The number of ether oxygens (including phenoxy) is 1. The molecule has 1 aromatic heterocycles. The minimum Gasteiger partial charge on any atom is -0.489 e. The number of hydrogen-bond donors (Lipinski definition) is 0. The van der Waals surface area contributed by atoms with Crippen LogP contribution in [-0.2, 0) is 6.61 Å². The summed E-state index contributed by atoms with van der Waals surface area (Å²) < 4.78 is 5.81. The molecule has 0 aliphatic carbocycles. The first-order chi connectivity index (χ1) is 10.3. The molecule has 0 bridgehead atoms. The highest BCUT2D eigenvalue weighted by atomic mass is 16.5. The summed E-state index contributed by atoms with van der Waals surface area (Å²) in [5.41, 5.74) is 3.33. The second-order valence-electron chi connectivity index (χ2n) is 4.64. The predicted molar refractivity (Wildman–Crippen MR) is 88.6 cm³/mol. The number of benzene rings is 2. The number of aromatic nitrogens is 1. The third-order valence-electron chi connectivity index (χ3n) is 3.04. The Hall–Kier alpha value is -2.35. The second-order valence-corrected chi connectivity index (χ2v) is 4.64. The van der Waals surface area contributed by atoms with Crippen molar-refractivity contribution in [1.29, 1.82) is 0 Å². The Bertz CT molecular complexity index is 692. The summed E-state index contributed by atoms with van der Waals surface area (Å²) in [5, 5.41) is 1.12. The van der Waals surface area contributed by atoms with E-state index in [-0.39, 0.29) is 0 Å². The molecule has 0 aliphatic rings. The molecule has 0 N–H and O–H groups in total. The lowest BCUT2D eigenvalue weighted by atomic mass is 10.1. The summed E-state index contributed by atoms with van der Waals surface area (Å²) in [6.45, 7) is 6.63. The molecule has 3 rings (SSSR count). The van der Waals surface area contributed by atoms with Crippen LogP contribution in [-0.4, -0.2) is 4.98 Å². The monoisotopic (exact) mass is 279 g/mol. The van der Waals surface area contributed by atoms with Crippen molar-refractivity contribution in [3.05, 3.63) is 71.9 Å². The fourth-order valence-electron chi connectivity index (χ4n) is 2.05. The van der Waals surface area contributed by atoms with Crippen LogP contribution >= 0.6 is 0 Å². The van der Waals surface area contributed by atoms with Gasteiger partial charge in [0.15, 0.2) is 0 Å². The van der Waals surface area contributed by atoms with Crippen molar-refractivity contribution in [1.82, 2.24) is 4.98 Å². The molecule has 1 heterocycles. The number of pyridine rings is 1. The molecule has 0 fully saturated rings. The molecule has 2 nitrogen and oxygen atoms in total. The van der Waals surface area contributed by atoms with Crippen LogP contribution < -0.4 is 4.74 Å². The highest BCUT2D eigenvalue weighted by molar-refractivity contribution is 5.80. The summed E-state index contributed by atoms with van der Waals surface area (Å²) in [7, 11) is 0. The molecule has 2 heteroatoms. The van der Waals surface area contributed by atoms with Crippen LogP contribution in [0.15, 0.2) is 60.8 Å². The van der Waals surface area contributed by atoms with Crippen molar-refractivity contribution in [3.63, 3.8) is 0 Å². The molecule has 0 saturated carbocycles. The van der Waals surface area contributed by atoms with E-state index in [1.54, 1.807) is 0 Å². The average molecular weight is 279 g/mol. The van der Waals surface area contributed by atoms with Crippen molar-refractivity contribution in [2.75, 3.05) is 0 Å². The zero-order chi connectivity index (χ0) is 15.1. The summed E-state index contributed by atoms with van der Waals surface area (Å²) in [5.74, 6) is 0.878. The van der Waals surface area contributed by atoms with Gasteiger partial charge in [-0.3, -0.25) is 4.98 Å². The first-order valence-corrected chi connectivity index (χ1v) is 7.34. The molecule has 2 aromatic carbocycles. The van der Waals surface area contributed by atoms with Gasteiger partial charge in [0.1, 0.15) is 12.4 Å². The Morgan fingerprint density at radius 2 is 1.71 bits per heavy atom. The van der Waals surface area contributed by atoms with E-state index in [0.29, 0.717) is 6.61 Å². The molecule has 108 valence electrons. The minimum atomic E-state index is 0.589. The minimum absolute atomic E-state index is 0.589. The summed E-state index contributed by atoms with van der Waals surface area (Å²) >= 11 is 0. The van der Waals surface area contributed by atoms with E-state index in [4.69, 9.17) is 4.74 Å². The number of rotatable bonds is 3. The Labute approximate surface area is 126 Å². The Kier molecular flexibility index (Phi) is 5.33. The van der Waals surface area contributed by atoms with Gasteiger partial charge >= 0.3 is 0 Å². The zero-order valence-corrected chi connectivity index (χ0v) is 12.8. The highest BCUT2D eigenvalue weighted by Crippen LogP contribution is 2.21. The van der Waals surface area contributed by atoms with Gasteiger partial charge in [0.25, 0.3) is 0 Å². The number of fused-ring (bicyclic) bond motifs is 1. The van der Waals surface area contributed by atoms with Crippen LogP contribution in [0.4, 0.5) is 0 Å². The summed E-state index contributed by atoms with van der Waals surface area (Å²) in [6.07, 6.45) is 1.88. The van der Waals surface area contributed by atoms with Crippen LogP contribution in [0.5, 0.6) is 5.75 Å². The largest absolute Gasteiger partial charge is 0.489 e. The standard InChI is InChI=1S/C17H15NO.C2H6/c1-13-9-15-10-16(7-8-17(15)18-11-13)19-12-14-5-3-2-4-6-14;1-2/h2-11H,12H2,1H3;1-2H3. The molecule has 3 aromatic rings. The van der Waals surface area contributed by atoms with Gasteiger partial charge in [-0.1, -0.05) is 44.2 Å². The highest BCUT2D eigenvalue weighted by Gasteiger charge is 1.99. The number of hydrogen-bond acceptors (Lipinski definition) is 2. The van der Waals surface area contributed by atoms with E-state index in [1.807, 2.05) is 63.4 Å². The first kappa shape index (κ1) is 15.0. The molecule has 0 aliphatic heterocycles. The van der Waals surface area contributed by atoms with Gasteiger partial charge in [-0.05, 0) is 42.3 Å². The molecule has 0 saturated heterocycles. The van der Waals surface area contributed by atoms with Gasteiger partial charge in [0.2, 0.25) is 0 Å². The Morgan fingerprint density at radius 3 is 2.48 bits per heavy atom. The molecular weight excluding hydrogens is 258 g/mol. The van der Waals surface area contributed by atoms with E-state index in [9.17, 15) is 0 Å². The van der Waals surface area contributed by atoms with Crippen molar-refractivity contribution in [2.24, 2.45) is 0 Å². The van der Waals surface area contributed by atoms with Gasteiger partial charge in [0.05, 0.1) is 5.52 Å². The summed E-state index contributed by atoms with van der Waals surface area (Å²) in [4.78, 5) is 4.38. The lowest BCUT2D eigenvalue weighted by molar-refractivity contribution is 0.306. The van der Waals surface area contributed by atoms with E-state index in [1.165, 1.54) is 5.56 Å². The fraction of sp³-hybridized carbons (Fsp3) is 0.211. The Balaban J connectivity index is 0.000000774. The van der Waals surface area contributed by atoms with E-state index in [2.05, 4.69) is 23.2 Å².